The van der Waals surface area contributed by atoms with Crippen LogP contribution in [0, 0.1) is 0 Å². The molecule has 22 heavy (non-hydrogen) atoms. The van der Waals surface area contributed by atoms with E-state index in [-0.39, 0.29) is 0 Å². The highest BCUT2D eigenvalue weighted by Crippen LogP contribution is 2.17. The smallest absolute Gasteiger partial charge is 0.262 e. The minimum atomic E-state index is 0.487. The van der Waals surface area contributed by atoms with E-state index in [9.17, 15) is 0 Å². The molecule has 0 aliphatic rings. The van der Waals surface area contributed by atoms with Gasteiger partial charge in [0.15, 0.2) is 5.65 Å². The van der Waals surface area contributed by atoms with Crippen molar-refractivity contribution in [3.63, 3.8) is 0 Å². The monoisotopic (exact) mass is 295 g/mol. The highest BCUT2D eigenvalue weighted by atomic mass is 16.5. The van der Waals surface area contributed by atoms with Crippen LogP contribution in [0.4, 0.5) is 5.82 Å². The number of anilines is 1. The molecule has 4 aromatic rings. The Morgan fingerprint density at radius 2 is 2.18 bits per heavy atom. The van der Waals surface area contributed by atoms with E-state index < -0.39 is 0 Å². The molecule has 0 bridgehead atoms. The zero-order chi connectivity index (χ0) is 14.8. The average molecular weight is 295 g/mol. The van der Waals surface area contributed by atoms with Crippen molar-refractivity contribution in [2.45, 2.75) is 12.8 Å². The van der Waals surface area contributed by atoms with E-state index in [2.05, 4.69) is 30.6 Å². The summed E-state index contributed by atoms with van der Waals surface area (Å²) in [5.41, 5.74) is 1.35. The van der Waals surface area contributed by atoms with E-state index in [4.69, 9.17) is 4.52 Å². The van der Waals surface area contributed by atoms with Crippen LogP contribution >= 0.6 is 0 Å². The van der Waals surface area contributed by atoms with Crippen molar-refractivity contribution >= 4 is 22.6 Å². The summed E-state index contributed by atoms with van der Waals surface area (Å²) in [6.45, 7) is 0.763. The van der Waals surface area contributed by atoms with Crippen LogP contribution in [0.25, 0.3) is 16.7 Å². The summed E-state index contributed by atoms with van der Waals surface area (Å²) >= 11 is 0. The number of hydrogen-bond acceptors (Lipinski definition) is 7. The van der Waals surface area contributed by atoms with Crippen LogP contribution in [0.15, 0.2) is 41.4 Å². The molecular weight excluding hydrogens is 282 g/mol. The predicted octanol–water partition coefficient (Wildman–Crippen LogP) is 1.71. The van der Waals surface area contributed by atoms with E-state index in [0.717, 1.165) is 42.1 Å². The third-order valence-corrected chi connectivity index (χ3v) is 3.42. The van der Waals surface area contributed by atoms with Crippen molar-refractivity contribution in [1.29, 1.82) is 0 Å². The van der Waals surface area contributed by atoms with Gasteiger partial charge in [-0.05, 0) is 18.6 Å². The molecule has 4 aromatic heterocycles. The van der Waals surface area contributed by atoms with Crippen molar-refractivity contribution in [2.75, 3.05) is 11.9 Å². The lowest BCUT2D eigenvalue weighted by Crippen LogP contribution is -2.06. The molecule has 4 rings (SSSR count). The number of aromatic nitrogens is 6. The third-order valence-electron chi connectivity index (χ3n) is 3.42. The Morgan fingerprint density at radius 3 is 3.18 bits per heavy atom. The van der Waals surface area contributed by atoms with Gasteiger partial charge in [0.25, 0.3) is 5.71 Å². The summed E-state index contributed by atoms with van der Waals surface area (Å²) in [6.07, 6.45) is 6.79. The van der Waals surface area contributed by atoms with Gasteiger partial charge in [-0.1, -0.05) is 11.2 Å². The molecule has 0 unspecified atom stereocenters. The van der Waals surface area contributed by atoms with Gasteiger partial charge < -0.3 is 9.84 Å². The van der Waals surface area contributed by atoms with Crippen LogP contribution in [-0.2, 0) is 6.42 Å². The molecule has 0 spiro atoms. The first-order chi connectivity index (χ1) is 10.9. The van der Waals surface area contributed by atoms with E-state index in [0.29, 0.717) is 5.71 Å². The van der Waals surface area contributed by atoms with Gasteiger partial charge in [-0.25, -0.2) is 4.98 Å². The Hall–Kier alpha value is -3.03. The molecule has 0 aliphatic carbocycles. The molecule has 110 valence electrons. The first-order valence-electron chi connectivity index (χ1n) is 7.00. The van der Waals surface area contributed by atoms with Gasteiger partial charge in [-0.2, -0.15) is 4.98 Å². The zero-order valence-electron chi connectivity index (χ0n) is 11.7. The summed E-state index contributed by atoms with van der Waals surface area (Å²) in [5.74, 6) is 1.69. The van der Waals surface area contributed by atoms with E-state index in [1.54, 1.807) is 6.20 Å². The second kappa shape index (κ2) is 5.40. The quantitative estimate of drug-likeness (QED) is 0.560. The normalized spacial score (nSPS) is 11.3. The van der Waals surface area contributed by atoms with E-state index in [1.165, 1.54) is 6.33 Å². The number of nitrogens with one attached hydrogen (secondary N) is 1. The molecule has 0 atom stereocenters. The van der Waals surface area contributed by atoms with E-state index >= 15 is 0 Å². The van der Waals surface area contributed by atoms with Crippen molar-refractivity contribution < 1.29 is 4.52 Å². The Bertz CT molecular complexity index is 914. The summed E-state index contributed by atoms with van der Waals surface area (Å²) in [7, 11) is 0. The van der Waals surface area contributed by atoms with Gasteiger partial charge in [-0.3, -0.25) is 4.40 Å². The Morgan fingerprint density at radius 1 is 1.18 bits per heavy atom. The van der Waals surface area contributed by atoms with Crippen LogP contribution in [0.3, 0.4) is 0 Å². The number of nitrogens with zero attached hydrogens (tertiary/aromatic N) is 6. The lowest BCUT2D eigenvalue weighted by Gasteiger charge is -2.05. The number of pyridine rings is 1. The van der Waals surface area contributed by atoms with Gasteiger partial charge in [0.1, 0.15) is 23.4 Å². The van der Waals surface area contributed by atoms with Crippen molar-refractivity contribution in [3.05, 3.63) is 42.7 Å². The summed E-state index contributed by atoms with van der Waals surface area (Å²) < 4.78 is 7.01. The molecule has 0 radical (unpaired) electrons. The Balaban J connectivity index is 1.40. The first kappa shape index (κ1) is 12.7. The average Bonchev–Trinajstić information content (AvgIpc) is 3.19. The molecule has 0 aromatic carbocycles. The van der Waals surface area contributed by atoms with Crippen molar-refractivity contribution in [3.8, 4) is 0 Å². The van der Waals surface area contributed by atoms with Gasteiger partial charge in [0.2, 0.25) is 0 Å². The van der Waals surface area contributed by atoms with Gasteiger partial charge in [0, 0.05) is 19.2 Å². The second-order valence-corrected chi connectivity index (χ2v) is 4.84. The van der Waals surface area contributed by atoms with Crippen LogP contribution in [0.1, 0.15) is 12.2 Å². The molecule has 0 amide bonds. The van der Waals surface area contributed by atoms with Gasteiger partial charge in [0.05, 0.1) is 6.20 Å². The second-order valence-electron chi connectivity index (χ2n) is 4.84. The largest absolute Gasteiger partial charge is 0.369 e. The molecule has 8 nitrogen and oxygen atoms in total. The maximum absolute atomic E-state index is 5.01. The molecule has 1 N–H and O–H groups in total. The third kappa shape index (κ3) is 2.24. The van der Waals surface area contributed by atoms with E-state index in [1.807, 2.05) is 28.8 Å². The fourth-order valence-corrected chi connectivity index (χ4v) is 2.35. The number of fused-ring (bicyclic) bond motifs is 2. The van der Waals surface area contributed by atoms with Crippen LogP contribution in [0.5, 0.6) is 0 Å². The fraction of sp³-hybridized carbons (Fsp3) is 0.214. The molecule has 8 heteroatoms. The summed E-state index contributed by atoms with van der Waals surface area (Å²) in [5, 5.41) is 16.1. The minimum Gasteiger partial charge on any atom is -0.369 e. The standard InChI is InChI=1S/C14H13N7O/c1-2-7-21-11(4-1)19-20-12(21)5-3-6-15-13-10-8-18-22-14(10)17-9-16-13/h1-2,4,7-9H,3,5-6H2,(H,15,16,17). The predicted molar refractivity (Wildman–Crippen MR) is 79.4 cm³/mol. The molecule has 4 heterocycles. The first-order valence-corrected chi connectivity index (χ1v) is 7.00. The van der Waals surface area contributed by atoms with Crippen LogP contribution in [-0.4, -0.2) is 36.3 Å². The Labute approximate surface area is 125 Å². The topological polar surface area (TPSA) is 94.0 Å². The number of hydrogen-bond donors (Lipinski definition) is 1. The highest BCUT2D eigenvalue weighted by Gasteiger charge is 2.07. The van der Waals surface area contributed by atoms with Gasteiger partial charge in [-0.15, -0.1) is 10.2 Å². The van der Waals surface area contributed by atoms with Crippen molar-refractivity contribution in [1.82, 2.24) is 29.7 Å². The van der Waals surface area contributed by atoms with Crippen LogP contribution < -0.4 is 5.32 Å². The van der Waals surface area contributed by atoms with Crippen molar-refractivity contribution in [2.24, 2.45) is 0 Å². The molecule has 0 fully saturated rings. The fourth-order valence-electron chi connectivity index (χ4n) is 2.35. The Kier molecular flexibility index (Phi) is 3.11. The zero-order valence-corrected chi connectivity index (χ0v) is 11.7. The van der Waals surface area contributed by atoms with Gasteiger partial charge >= 0.3 is 0 Å². The maximum atomic E-state index is 5.01. The summed E-state index contributed by atoms with van der Waals surface area (Å²) in [6, 6.07) is 5.87. The summed E-state index contributed by atoms with van der Waals surface area (Å²) in [4.78, 5) is 8.21. The lowest BCUT2D eigenvalue weighted by molar-refractivity contribution is 0.448. The maximum Gasteiger partial charge on any atom is 0.262 e. The molecular formula is C14H13N7O. The SMILES string of the molecule is c1ccn2c(CCCNc3ncnc4oncc34)nnc2c1. The number of aryl methyl sites for hydroxylation is 1. The molecule has 0 saturated carbocycles. The lowest BCUT2D eigenvalue weighted by atomic mass is 10.3. The molecule has 0 saturated heterocycles. The highest BCUT2D eigenvalue weighted by molar-refractivity contribution is 5.83. The van der Waals surface area contributed by atoms with Crippen LogP contribution in [0.2, 0.25) is 0 Å². The minimum absolute atomic E-state index is 0.487. The molecule has 0 aliphatic heterocycles. The number of rotatable bonds is 5.